The molecule has 2 N–H and O–H groups in total. The summed E-state index contributed by atoms with van der Waals surface area (Å²) in [5.74, 6) is 0.823. The normalized spacial score (nSPS) is 22.6. The predicted octanol–water partition coefficient (Wildman–Crippen LogP) is 4.99. The van der Waals surface area contributed by atoms with Crippen LogP contribution in [-0.2, 0) is 0 Å². The van der Waals surface area contributed by atoms with E-state index in [-0.39, 0.29) is 23.4 Å². The molecule has 4 rings (SSSR count). The second kappa shape index (κ2) is 6.93. The van der Waals surface area contributed by atoms with Gasteiger partial charge in [-0.05, 0) is 36.1 Å². The molecule has 1 aliphatic heterocycles. The van der Waals surface area contributed by atoms with Crippen molar-refractivity contribution >= 4 is 27.6 Å². The fourth-order valence-electron chi connectivity index (χ4n) is 4.30. The Bertz CT molecular complexity index is 940. The third-order valence-electron chi connectivity index (χ3n) is 5.43. The molecule has 27 heavy (non-hydrogen) atoms. The SMILES string of the molecule is COc1cccc([C@H]2Nc3c(C(=O)O)cc(Br)cc3[C@@H]3C=CC[C@H]23)c1OC. The van der Waals surface area contributed by atoms with Crippen LogP contribution >= 0.6 is 15.9 Å². The van der Waals surface area contributed by atoms with Crippen molar-refractivity contribution < 1.29 is 19.4 Å². The van der Waals surface area contributed by atoms with Crippen LogP contribution in [-0.4, -0.2) is 25.3 Å². The van der Waals surface area contributed by atoms with E-state index in [2.05, 4.69) is 33.4 Å². The van der Waals surface area contributed by atoms with Gasteiger partial charge in [0, 0.05) is 16.0 Å². The van der Waals surface area contributed by atoms with Gasteiger partial charge in [-0.2, -0.15) is 0 Å². The van der Waals surface area contributed by atoms with Crippen molar-refractivity contribution in [3.8, 4) is 11.5 Å². The van der Waals surface area contributed by atoms with E-state index >= 15 is 0 Å². The fourth-order valence-corrected chi connectivity index (χ4v) is 4.77. The first-order valence-electron chi connectivity index (χ1n) is 8.76. The van der Waals surface area contributed by atoms with Crippen molar-refractivity contribution in [1.29, 1.82) is 0 Å². The van der Waals surface area contributed by atoms with Gasteiger partial charge in [-0.3, -0.25) is 0 Å². The largest absolute Gasteiger partial charge is 0.493 e. The van der Waals surface area contributed by atoms with Gasteiger partial charge in [-0.15, -0.1) is 0 Å². The standard InChI is InChI=1S/C21H20BrNO4/c1-26-17-8-4-7-14(20(17)27-2)18-13-6-3-5-12(13)15-9-11(22)10-16(21(24)25)19(15)23-18/h3-5,7-10,12-13,18,23H,6H2,1-2H3,(H,24,25)/t12-,13+,18+/m1/s1. The third kappa shape index (κ3) is 2.88. The Morgan fingerprint density at radius 3 is 2.74 bits per heavy atom. The zero-order valence-electron chi connectivity index (χ0n) is 15.0. The van der Waals surface area contributed by atoms with Gasteiger partial charge in [0.15, 0.2) is 11.5 Å². The molecule has 1 heterocycles. The summed E-state index contributed by atoms with van der Waals surface area (Å²) in [4.78, 5) is 11.9. The van der Waals surface area contributed by atoms with Crippen LogP contribution < -0.4 is 14.8 Å². The van der Waals surface area contributed by atoms with Gasteiger partial charge in [0.1, 0.15) is 0 Å². The Hall–Kier alpha value is -2.47. The maximum Gasteiger partial charge on any atom is 0.337 e. The van der Waals surface area contributed by atoms with Crippen LogP contribution in [0.1, 0.15) is 39.9 Å². The third-order valence-corrected chi connectivity index (χ3v) is 5.89. The number of hydrogen-bond acceptors (Lipinski definition) is 4. The number of hydrogen-bond donors (Lipinski definition) is 2. The van der Waals surface area contributed by atoms with Gasteiger partial charge in [-0.1, -0.05) is 40.2 Å². The minimum Gasteiger partial charge on any atom is -0.493 e. The number of fused-ring (bicyclic) bond motifs is 3. The maximum absolute atomic E-state index is 11.9. The topological polar surface area (TPSA) is 67.8 Å². The molecule has 6 heteroatoms. The van der Waals surface area contributed by atoms with Crippen LogP contribution in [0.5, 0.6) is 11.5 Å². The van der Waals surface area contributed by atoms with Gasteiger partial charge < -0.3 is 19.9 Å². The molecule has 140 valence electrons. The lowest BCUT2D eigenvalue weighted by Crippen LogP contribution is -2.30. The number of benzene rings is 2. The Labute approximate surface area is 166 Å². The quantitative estimate of drug-likeness (QED) is 0.669. The molecular weight excluding hydrogens is 410 g/mol. The highest BCUT2D eigenvalue weighted by atomic mass is 79.9. The lowest BCUT2D eigenvalue weighted by atomic mass is 9.76. The summed E-state index contributed by atoms with van der Waals surface area (Å²) in [5, 5.41) is 13.2. The van der Waals surface area contributed by atoms with Gasteiger partial charge in [0.2, 0.25) is 0 Å². The van der Waals surface area contributed by atoms with Crippen molar-refractivity contribution in [2.75, 3.05) is 19.5 Å². The number of methoxy groups -OCH3 is 2. The number of rotatable bonds is 4. The van der Waals surface area contributed by atoms with Crippen LogP contribution in [0, 0.1) is 5.92 Å². The number of aromatic carboxylic acids is 1. The first-order chi connectivity index (χ1) is 13.0. The Kier molecular flexibility index (Phi) is 4.60. The second-order valence-corrected chi connectivity index (χ2v) is 7.70. The summed E-state index contributed by atoms with van der Waals surface area (Å²) in [7, 11) is 3.24. The van der Waals surface area contributed by atoms with E-state index in [1.165, 1.54) is 0 Å². The van der Waals surface area contributed by atoms with Crippen molar-refractivity contribution in [3.05, 3.63) is 63.6 Å². The smallest absolute Gasteiger partial charge is 0.337 e. The molecule has 0 aromatic heterocycles. The van der Waals surface area contributed by atoms with E-state index in [4.69, 9.17) is 9.47 Å². The van der Waals surface area contributed by atoms with Gasteiger partial charge >= 0.3 is 5.97 Å². The number of carboxylic acid groups (broad SMARTS) is 1. The zero-order valence-corrected chi connectivity index (χ0v) is 16.6. The Balaban J connectivity index is 1.89. The zero-order chi connectivity index (χ0) is 19.1. The number of allylic oxidation sites excluding steroid dienone is 2. The number of halogens is 1. The minimum absolute atomic E-state index is 0.0816. The van der Waals surface area contributed by atoms with Crippen LogP contribution in [0.15, 0.2) is 47.0 Å². The van der Waals surface area contributed by atoms with Gasteiger partial charge in [0.25, 0.3) is 0 Å². The number of anilines is 1. The maximum atomic E-state index is 11.9. The molecule has 2 aromatic carbocycles. The molecule has 1 aliphatic carbocycles. The average molecular weight is 430 g/mol. The highest BCUT2D eigenvalue weighted by molar-refractivity contribution is 9.10. The van der Waals surface area contributed by atoms with E-state index in [0.29, 0.717) is 17.2 Å². The molecule has 0 saturated carbocycles. The molecule has 0 radical (unpaired) electrons. The van der Waals surface area contributed by atoms with Crippen molar-refractivity contribution in [2.24, 2.45) is 5.92 Å². The van der Waals surface area contributed by atoms with Crippen LogP contribution in [0.2, 0.25) is 0 Å². The summed E-state index contributed by atoms with van der Waals surface area (Å²) in [6.07, 6.45) is 5.27. The van der Waals surface area contributed by atoms with E-state index in [1.807, 2.05) is 24.3 Å². The van der Waals surface area contributed by atoms with E-state index in [9.17, 15) is 9.90 Å². The lowest BCUT2D eigenvalue weighted by Gasteiger charge is -2.38. The molecule has 2 aliphatic rings. The molecular formula is C21H20BrNO4. The molecule has 5 nitrogen and oxygen atoms in total. The number of ether oxygens (including phenoxy) is 2. The number of nitrogens with one attached hydrogen (secondary N) is 1. The highest BCUT2D eigenvalue weighted by Crippen LogP contribution is 2.53. The van der Waals surface area contributed by atoms with Crippen LogP contribution in [0.3, 0.4) is 0 Å². The van der Waals surface area contributed by atoms with E-state index < -0.39 is 5.97 Å². The first kappa shape index (κ1) is 17.9. The molecule has 0 fully saturated rings. The summed E-state index contributed by atoms with van der Waals surface area (Å²) in [6.45, 7) is 0. The van der Waals surface area contributed by atoms with E-state index in [0.717, 1.165) is 22.0 Å². The van der Waals surface area contributed by atoms with Crippen molar-refractivity contribution in [2.45, 2.75) is 18.4 Å². The van der Waals surface area contributed by atoms with Gasteiger partial charge in [-0.25, -0.2) is 4.79 Å². The molecule has 0 amide bonds. The lowest BCUT2D eigenvalue weighted by molar-refractivity contribution is 0.0697. The Morgan fingerprint density at radius 1 is 1.22 bits per heavy atom. The summed E-state index contributed by atoms with van der Waals surface area (Å²) in [5.41, 5.74) is 2.93. The van der Waals surface area contributed by atoms with E-state index in [1.54, 1.807) is 20.3 Å². The van der Waals surface area contributed by atoms with Crippen molar-refractivity contribution in [1.82, 2.24) is 0 Å². The molecule has 0 saturated heterocycles. The first-order valence-corrected chi connectivity index (χ1v) is 9.55. The summed E-state index contributed by atoms with van der Waals surface area (Å²) in [6, 6.07) is 9.39. The molecule has 2 aromatic rings. The van der Waals surface area contributed by atoms with Crippen LogP contribution in [0.4, 0.5) is 5.69 Å². The van der Waals surface area contributed by atoms with Gasteiger partial charge in [0.05, 0.1) is 31.5 Å². The van der Waals surface area contributed by atoms with Crippen molar-refractivity contribution in [3.63, 3.8) is 0 Å². The fraction of sp³-hybridized carbons (Fsp3) is 0.286. The highest BCUT2D eigenvalue weighted by Gasteiger charge is 2.41. The monoisotopic (exact) mass is 429 g/mol. The Morgan fingerprint density at radius 2 is 2.04 bits per heavy atom. The predicted molar refractivity (Wildman–Crippen MR) is 107 cm³/mol. The number of carbonyl (C=O) groups is 1. The summed E-state index contributed by atoms with van der Waals surface area (Å²) >= 11 is 3.46. The molecule has 3 atom stereocenters. The molecule has 0 spiro atoms. The molecule has 0 bridgehead atoms. The number of para-hydroxylation sites is 1. The minimum atomic E-state index is -0.947. The second-order valence-electron chi connectivity index (χ2n) is 6.78. The van der Waals surface area contributed by atoms with Crippen LogP contribution in [0.25, 0.3) is 0 Å². The summed E-state index contributed by atoms with van der Waals surface area (Å²) < 4.78 is 11.9. The average Bonchev–Trinajstić information content (AvgIpc) is 3.16. The molecule has 0 unspecified atom stereocenters. The number of carboxylic acids is 1.